The average Bonchev–Trinajstić information content (AvgIpc) is 3.24. The Labute approximate surface area is 185 Å². The Bertz CT molecular complexity index is 1060. The molecule has 146 valence electrons. The number of halogens is 1. The molecule has 0 saturated heterocycles. The lowest BCUT2D eigenvalue weighted by molar-refractivity contribution is 0.424. The van der Waals surface area contributed by atoms with Crippen LogP contribution in [0.1, 0.15) is 40.6 Å². The highest BCUT2D eigenvalue weighted by Crippen LogP contribution is 2.52. The molecule has 0 bridgehead atoms. The lowest BCUT2D eigenvalue weighted by atomic mass is 9.76. The SMILES string of the molecule is Cc1cc(CSc2ccccc2)cc2c1N[C@H](c1ccccc1Br)[C@@H]1CC=C[C@H]21. The zero-order valence-electron chi connectivity index (χ0n) is 16.4. The Morgan fingerprint density at radius 1 is 1.00 bits per heavy atom. The zero-order valence-corrected chi connectivity index (χ0v) is 18.8. The van der Waals surface area contributed by atoms with Crippen molar-refractivity contribution in [2.45, 2.75) is 36.0 Å². The molecule has 1 N–H and O–H groups in total. The smallest absolute Gasteiger partial charge is 0.0565 e. The minimum Gasteiger partial charge on any atom is -0.377 e. The summed E-state index contributed by atoms with van der Waals surface area (Å²) in [5.41, 5.74) is 6.92. The molecule has 0 spiro atoms. The van der Waals surface area contributed by atoms with Gasteiger partial charge in [-0.3, -0.25) is 0 Å². The minimum absolute atomic E-state index is 0.335. The van der Waals surface area contributed by atoms with Gasteiger partial charge in [-0.15, -0.1) is 11.8 Å². The third-order valence-corrected chi connectivity index (χ3v) is 7.92. The molecule has 1 aliphatic carbocycles. The number of allylic oxidation sites excluding steroid dienone is 2. The summed E-state index contributed by atoms with van der Waals surface area (Å²) >= 11 is 5.69. The van der Waals surface area contributed by atoms with Crippen molar-refractivity contribution in [3.8, 4) is 0 Å². The fraction of sp³-hybridized carbons (Fsp3) is 0.231. The van der Waals surface area contributed by atoms with Gasteiger partial charge < -0.3 is 5.32 Å². The summed E-state index contributed by atoms with van der Waals surface area (Å²) in [6.45, 7) is 2.25. The Hall–Kier alpha value is -1.97. The number of hydrogen-bond donors (Lipinski definition) is 1. The zero-order chi connectivity index (χ0) is 19.8. The van der Waals surface area contributed by atoms with E-state index in [-0.39, 0.29) is 0 Å². The van der Waals surface area contributed by atoms with E-state index >= 15 is 0 Å². The monoisotopic (exact) mass is 461 g/mol. The van der Waals surface area contributed by atoms with Crippen LogP contribution in [-0.4, -0.2) is 0 Å². The van der Waals surface area contributed by atoms with Gasteiger partial charge in [-0.25, -0.2) is 0 Å². The molecular weight excluding hydrogens is 438 g/mol. The Kier molecular flexibility index (Phi) is 5.28. The molecule has 1 aliphatic heterocycles. The molecule has 1 heterocycles. The van der Waals surface area contributed by atoms with E-state index in [1.807, 2.05) is 11.8 Å². The molecule has 2 aliphatic rings. The standard InChI is InChI=1S/C26H24BrNS/c1-17-14-18(16-29-19-8-3-2-4-9-19)15-23-20-11-7-12-21(20)26(28-25(17)23)22-10-5-6-13-24(22)27/h2-11,13-15,20-21,26,28H,12,16H2,1H3/t20-,21+,26-/m0/s1. The summed E-state index contributed by atoms with van der Waals surface area (Å²) in [4.78, 5) is 1.33. The van der Waals surface area contributed by atoms with Crippen LogP contribution in [0.4, 0.5) is 5.69 Å². The van der Waals surface area contributed by atoms with E-state index in [0.29, 0.717) is 17.9 Å². The van der Waals surface area contributed by atoms with Crippen molar-refractivity contribution in [2.24, 2.45) is 5.92 Å². The number of aryl methyl sites for hydroxylation is 1. The fourth-order valence-corrected chi connectivity index (χ4v) is 6.15. The van der Waals surface area contributed by atoms with E-state index in [4.69, 9.17) is 0 Å². The third kappa shape index (κ3) is 3.67. The van der Waals surface area contributed by atoms with Gasteiger partial charge in [0, 0.05) is 26.7 Å². The molecule has 0 unspecified atom stereocenters. The molecular formula is C26H24BrNS. The van der Waals surface area contributed by atoms with Gasteiger partial charge in [-0.05, 0) is 59.7 Å². The first kappa shape index (κ1) is 19.0. The number of nitrogens with one attached hydrogen (secondary N) is 1. The van der Waals surface area contributed by atoms with Gasteiger partial charge in [0.15, 0.2) is 0 Å². The number of benzene rings is 3. The Morgan fingerprint density at radius 3 is 2.62 bits per heavy atom. The maximum Gasteiger partial charge on any atom is 0.0565 e. The van der Waals surface area contributed by atoms with Crippen molar-refractivity contribution >= 4 is 33.4 Å². The molecule has 3 aromatic carbocycles. The molecule has 0 radical (unpaired) electrons. The van der Waals surface area contributed by atoms with Gasteiger partial charge in [0.05, 0.1) is 6.04 Å². The normalized spacial score (nSPS) is 22.1. The van der Waals surface area contributed by atoms with Gasteiger partial charge in [0.2, 0.25) is 0 Å². The number of hydrogen-bond acceptors (Lipinski definition) is 2. The second kappa shape index (κ2) is 8.04. The maximum absolute atomic E-state index is 3.92. The second-order valence-electron chi connectivity index (χ2n) is 7.98. The maximum atomic E-state index is 3.92. The lowest BCUT2D eigenvalue weighted by Gasteiger charge is -2.39. The molecule has 0 aromatic heterocycles. The van der Waals surface area contributed by atoms with Crippen LogP contribution < -0.4 is 5.32 Å². The van der Waals surface area contributed by atoms with Crippen LogP contribution in [0.3, 0.4) is 0 Å². The fourth-order valence-electron chi connectivity index (χ4n) is 4.77. The summed E-state index contributed by atoms with van der Waals surface area (Å²) < 4.78 is 1.19. The van der Waals surface area contributed by atoms with Gasteiger partial charge in [-0.2, -0.15) is 0 Å². The summed E-state index contributed by atoms with van der Waals surface area (Å²) in [5, 5.41) is 3.92. The summed E-state index contributed by atoms with van der Waals surface area (Å²) in [6.07, 6.45) is 5.93. The molecule has 3 atom stereocenters. The van der Waals surface area contributed by atoms with Crippen molar-refractivity contribution in [1.29, 1.82) is 0 Å². The van der Waals surface area contributed by atoms with Crippen molar-refractivity contribution in [2.75, 3.05) is 5.32 Å². The predicted molar refractivity (Wildman–Crippen MR) is 128 cm³/mol. The van der Waals surface area contributed by atoms with Crippen molar-refractivity contribution in [3.05, 3.63) is 106 Å². The van der Waals surface area contributed by atoms with Crippen LogP contribution >= 0.6 is 27.7 Å². The van der Waals surface area contributed by atoms with E-state index in [2.05, 4.69) is 107 Å². The number of thioether (sulfide) groups is 1. The number of anilines is 1. The molecule has 29 heavy (non-hydrogen) atoms. The highest BCUT2D eigenvalue weighted by Gasteiger charge is 2.39. The largest absolute Gasteiger partial charge is 0.377 e. The summed E-state index contributed by atoms with van der Waals surface area (Å²) in [5.74, 6) is 2.06. The third-order valence-electron chi connectivity index (χ3n) is 6.11. The second-order valence-corrected chi connectivity index (χ2v) is 9.88. The van der Waals surface area contributed by atoms with Crippen LogP contribution in [0.2, 0.25) is 0 Å². The topological polar surface area (TPSA) is 12.0 Å². The molecule has 1 nitrogen and oxygen atoms in total. The highest BCUT2D eigenvalue weighted by atomic mass is 79.9. The van der Waals surface area contributed by atoms with Crippen LogP contribution in [-0.2, 0) is 5.75 Å². The van der Waals surface area contributed by atoms with Gasteiger partial charge >= 0.3 is 0 Å². The first-order chi connectivity index (χ1) is 14.2. The molecule has 5 rings (SSSR count). The van der Waals surface area contributed by atoms with Crippen LogP contribution in [0, 0.1) is 12.8 Å². The van der Waals surface area contributed by atoms with E-state index < -0.39 is 0 Å². The van der Waals surface area contributed by atoms with E-state index in [9.17, 15) is 0 Å². The predicted octanol–water partition coefficient (Wildman–Crippen LogP) is 7.88. The average molecular weight is 462 g/mol. The summed E-state index contributed by atoms with van der Waals surface area (Å²) in [6, 6.07) is 24.5. The molecule has 0 amide bonds. The molecule has 3 aromatic rings. The van der Waals surface area contributed by atoms with Crippen molar-refractivity contribution in [3.63, 3.8) is 0 Å². The van der Waals surface area contributed by atoms with Crippen LogP contribution in [0.25, 0.3) is 0 Å². The van der Waals surface area contributed by atoms with Gasteiger partial charge in [0.1, 0.15) is 0 Å². The van der Waals surface area contributed by atoms with Crippen molar-refractivity contribution < 1.29 is 0 Å². The number of rotatable bonds is 4. The van der Waals surface area contributed by atoms with E-state index in [0.717, 1.165) is 12.2 Å². The van der Waals surface area contributed by atoms with Gasteiger partial charge in [-0.1, -0.05) is 76.6 Å². The van der Waals surface area contributed by atoms with Crippen LogP contribution in [0.5, 0.6) is 0 Å². The van der Waals surface area contributed by atoms with Crippen LogP contribution in [0.15, 0.2) is 88.3 Å². The highest BCUT2D eigenvalue weighted by molar-refractivity contribution is 9.10. The van der Waals surface area contributed by atoms with E-state index in [1.54, 1.807) is 0 Å². The van der Waals surface area contributed by atoms with Gasteiger partial charge in [0.25, 0.3) is 0 Å². The first-order valence-corrected chi connectivity index (χ1v) is 12.0. The number of fused-ring (bicyclic) bond motifs is 3. The quantitative estimate of drug-likeness (QED) is 0.313. The molecule has 0 fully saturated rings. The molecule has 0 saturated carbocycles. The Morgan fingerprint density at radius 2 is 1.79 bits per heavy atom. The first-order valence-electron chi connectivity index (χ1n) is 10.2. The Balaban J connectivity index is 1.48. The minimum atomic E-state index is 0.335. The van der Waals surface area contributed by atoms with Crippen molar-refractivity contribution in [1.82, 2.24) is 0 Å². The summed E-state index contributed by atoms with van der Waals surface area (Å²) in [7, 11) is 0. The molecule has 3 heteroatoms. The van der Waals surface area contributed by atoms with E-state index in [1.165, 1.54) is 37.3 Å². The lowest BCUT2D eigenvalue weighted by Crippen LogP contribution is -2.30.